The van der Waals surface area contributed by atoms with E-state index in [1.54, 1.807) is 34.1 Å². The van der Waals surface area contributed by atoms with Crippen LogP contribution in [0.4, 0.5) is 5.69 Å². The highest BCUT2D eigenvalue weighted by molar-refractivity contribution is 5.99. The van der Waals surface area contributed by atoms with E-state index in [9.17, 15) is 19.2 Å². The van der Waals surface area contributed by atoms with Gasteiger partial charge < -0.3 is 19.9 Å². The fraction of sp³-hybridized carbons (Fsp3) is 0.500. The van der Waals surface area contributed by atoms with Crippen LogP contribution < -0.4 is 10.2 Å². The summed E-state index contributed by atoms with van der Waals surface area (Å²) >= 11 is 0. The van der Waals surface area contributed by atoms with E-state index in [0.717, 1.165) is 18.5 Å². The molecule has 0 radical (unpaired) electrons. The lowest BCUT2D eigenvalue weighted by molar-refractivity contribution is -0.141. The predicted molar refractivity (Wildman–Crippen MR) is 102 cm³/mol. The number of nitrogens with zero attached hydrogens (tertiary/aromatic N) is 2. The number of esters is 1. The summed E-state index contributed by atoms with van der Waals surface area (Å²) in [6, 6.07) is 6.27. The maximum atomic E-state index is 12.5. The Kier molecular flexibility index (Phi) is 6.28. The second-order valence-electron chi connectivity index (χ2n) is 7.02. The molecule has 150 valence electrons. The van der Waals surface area contributed by atoms with Crippen molar-refractivity contribution in [3.05, 3.63) is 29.8 Å². The molecular weight excluding hydrogens is 362 g/mol. The lowest BCUT2D eigenvalue weighted by Crippen LogP contribution is -2.42. The van der Waals surface area contributed by atoms with Gasteiger partial charge >= 0.3 is 5.97 Å². The molecule has 8 heteroatoms. The number of rotatable bonds is 6. The number of amides is 3. The van der Waals surface area contributed by atoms with Crippen LogP contribution in [0.15, 0.2) is 24.3 Å². The Morgan fingerprint density at radius 1 is 1.14 bits per heavy atom. The molecule has 2 fully saturated rings. The molecule has 0 bridgehead atoms. The molecule has 8 nitrogen and oxygen atoms in total. The van der Waals surface area contributed by atoms with Gasteiger partial charge in [-0.3, -0.25) is 19.2 Å². The Labute approximate surface area is 163 Å². The summed E-state index contributed by atoms with van der Waals surface area (Å²) in [7, 11) is 1.31. The number of anilines is 1. The van der Waals surface area contributed by atoms with Gasteiger partial charge in [0.15, 0.2) is 0 Å². The highest BCUT2D eigenvalue weighted by Crippen LogP contribution is 2.21. The van der Waals surface area contributed by atoms with Gasteiger partial charge in [-0.15, -0.1) is 0 Å². The number of piperidine rings is 1. The SMILES string of the molecule is COC(=O)CCN1CC[C@@H](NC(=O)c2ccc(N3CCCCC3=O)cc2)C1=O. The molecule has 2 saturated heterocycles. The number of likely N-dealkylation sites (tertiary alicyclic amines) is 1. The number of hydrogen-bond acceptors (Lipinski definition) is 5. The fourth-order valence-corrected chi connectivity index (χ4v) is 3.54. The van der Waals surface area contributed by atoms with Gasteiger partial charge in [-0.2, -0.15) is 0 Å². The summed E-state index contributed by atoms with van der Waals surface area (Å²) in [6.07, 6.45) is 3.09. The molecule has 1 aromatic rings. The van der Waals surface area contributed by atoms with E-state index in [1.807, 2.05) is 0 Å². The molecule has 2 heterocycles. The van der Waals surface area contributed by atoms with Crippen molar-refractivity contribution in [1.82, 2.24) is 10.2 Å². The summed E-state index contributed by atoms with van der Waals surface area (Å²) < 4.78 is 4.58. The minimum atomic E-state index is -0.589. The van der Waals surface area contributed by atoms with Gasteiger partial charge in [0.25, 0.3) is 5.91 Å². The van der Waals surface area contributed by atoms with Crippen molar-refractivity contribution >= 4 is 29.4 Å². The number of carbonyl (C=O) groups excluding carboxylic acids is 4. The molecule has 0 saturated carbocycles. The molecule has 2 aliphatic rings. The maximum absolute atomic E-state index is 12.5. The van der Waals surface area contributed by atoms with Crippen LogP contribution >= 0.6 is 0 Å². The first-order valence-corrected chi connectivity index (χ1v) is 9.56. The minimum absolute atomic E-state index is 0.104. The first-order chi connectivity index (χ1) is 13.5. The van der Waals surface area contributed by atoms with Crippen molar-refractivity contribution in [2.75, 3.05) is 31.6 Å². The molecular formula is C20H25N3O5. The Hall–Kier alpha value is -2.90. The molecule has 0 unspecified atom stereocenters. The molecule has 3 rings (SSSR count). The Bertz CT molecular complexity index is 762. The molecule has 3 amide bonds. The number of benzene rings is 1. The van der Waals surface area contributed by atoms with Crippen molar-refractivity contribution in [1.29, 1.82) is 0 Å². The van der Waals surface area contributed by atoms with Crippen molar-refractivity contribution in [2.24, 2.45) is 0 Å². The van der Waals surface area contributed by atoms with Gasteiger partial charge in [0, 0.05) is 37.3 Å². The predicted octanol–water partition coefficient (Wildman–Crippen LogP) is 1.10. The van der Waals surface area contributed by atoms with Crippen molar-refractivity contribution in [2.45, 2.75) is 38.1 Å². The Balaban J connectivity index is 1.55. The monoisotopic (exact) mass is 387 g/mol. The maximum Gasteiger partial charge on any atom is 0.307 e. The summed E-state index contributed by atoms with van der Waals surface area (Å²) in [5.41, 5.74) is 1.22. The van der Waals surface area contributed by atoms with E-state index in [-0.39, 0.29) is 36.7 Å². The zero-order valence-electron chi connectivity index (χ0n) is 16.0. The second-order valence-corrected chi connectivity index (χ2v) is 7.02. The van der Waals surface area contributed by atoms with Crippen molar-refractivity contribution < 1.29 is 23.9 Å². The van der Waals surface area contributed by atoms with Gasteiger partial charge in [-0.05, 0) is 43.5 Å². The minimum Gasteiger partial charge on any atom is -0.469 e. The topological polar surface area (TPSA) is 96.0 Å². The van der Waals surface area contributed by atoms with Crippen LogP contribution in [0, 0.1) is 0 Å². The fourth-order valence-electron chi connectivity index (χ4n) is 3.54. The van der Waals surface area contributed by atoms with E-state index in [4.69, 9.17) is 0 Å². The van der Waals surface area contributed by atoms with Gasteiger partial charge in [-0.25, -0.2) is 0 Å². The third-order valence-electron chi connectivity index (χ3n) is 5.18. The number of carbonyl (C=O) groups is 4. The van der Waals surface area contributed by atoms with Crippen LogP contribution in [0.1, 0.15) is 42.5 Å². The van der Waals surface area contributed by atoms with Crippen LogP contribution in [-0.2, 0) is 19.1 Å². The third-order valence-corrected chi connectivity index (χ3v) is 5.18. The van der Waals surface area contributed by atoms with Crippen LogP contribution in [0.5, 0.6) is 0 Å². The molecule has 0 aliphatic carbocycles. The van der Waals surface area contributed by atoms with Gasteiger partial charge in [-0.1, -0.05) is 0 Å². The summed E-state index contributed by atoms with van der Waals surface area (Å²) in [6.45, 7) is 1.48. The average Bonchev–Trinajstić information content (AvgIpc) is 3.06. The Morgan fingerprint density at radius 2 is 1.89 bits per heavy atom. The summed E-state index contributed by atoms with van der Waals surface area (Å²) in [5, 5.41) is 2.76. The lowest BCUT2D eigenvalue weighted by atomic mass is 10.1. The first kappa shape index (κ1) is 19.9. The normalized spacial score (nSPS) is 19.7. The Morgan fingerprint density at radius 3 is 2.57 bits per heavy atom. The van der Waals surface area contributed by atoms with E-state index < -0.39 is 6.04 Å². The van der Waals surface area contributed by atoms with E-state index in [1.165, 1.54) is 7.11 Å². The summed E-state index contributed by atoms with van der Waals surface area (Å²) in [4.78, 5) is 51.4. The largest absolute Gasteiger partial charge is 0.469 e. The molecule has 1 N–H and O–H groups in total. The average molecular weight is 387 g/mol. The smallest absolute Gasteiger partial charge is 0.307 e. The molecule has 2 aliphatic heterocycles. The van der Waals surface area contributed by atoms with Crippen LogP contribution in [-0.4, -0.2) is 61.4 Å². The van der Waals surface area contributed by atoms with Crippen LogP contribution in [0.3, 0.4) is 0 Å². The van der Waals surface area contributed by atoms with Gasteiger partial charge in [0.2, 0.25) is 11.8 Å². The van der Waals surface area contributed by atoms with Crippen LogP contribution in [0.25, 0.3) is 0 Å². The number of nitrogens with one attached hydrogen (secondary N) is 1. The van der Waals surface area contributed by atoms with Gasteiger partial charge in [0.1, 0.15) is 6.04 Å². The zero-order chi connectivity index (χ0) is 20.1. The quantitative estimate of drug-likeness (QED) is 0.738. The zero-order valence-corrected chi connectivity index (χ0v) is 16.0. The number of methoxy groups -OCH3 is 1. The standard InChI is InChI=1S/C20H25N3O5/c1-28-18(25)10-13-22-12-9-16(20(22)27)21-19(26)14-5-7-15(8-6-14)23-11-3-2-4-17(23)24/h5-8,16H,2-4,9-13H2,1H3,(H,21,26)/t16-/m1/s1. The highest BCUT2D eigenvalue weighted by Gasteiger charge is 2.33. The summed E-state index contributed by atoms with van der Waals surface area (Å²) in [5.74, 6) is -0.780. The van der Waals surface area contributed by atoms with Crippen molar-refractivity contribution in [3.8, 4) is 0 Å². The highest BCUT2D eigenvalue weighted by atomic mass is 16.5. The van der Waals surface area contributed by atoms with Crippen LogP contribution in [0.2, 0.25) is 0 Å². The molecule has 28 heavy (non-hydrogen) atoms. The third kappa shape index (κ3) is 4.49. The second kappa shape index (κ2) is 8.86. The molecule has 1 aromatic carbocycles. The molecule has 1 atom stereocenters. The number of hydrogen-bond donors (Lipinski definition) is 1. The molecule has 0 aromatic heterocycles. The van der Waals surface area contributed by atoms with E-state index >= 15 is 0 Å². The van der Waals surface area contributed by atoms with Gasteiger partial charge in [0.05, 0.1) is 13.5 Å². The van der Waals surface area contributed by atoms with E-state index in [0.29, 0.717) is 31.5 Å². The first-order valence-electron chi connectivity index (χ1n) is 9.56. The molecule has 0 spiro atoms. The van der Waals surface area contributed by atoms with Crippen molar-refractivity contribution in [3.63, 3.8) is 0 Å². The van der Waals surface area contributed by atoms with E-state index in [2.05, 4.69) is 10.1 Å². The number of ether oxygens (including phenoxy) is 1. The lowest BCUT2D eigenvalue weighted by Gasteiger charge is -2.26.